The highest BCUT2D eigenvalue weighted by Crippen LogP contribution is 2.36. The first-order valence-electron chi connectivity index (χ1n) is 15.6. The molecule has 0 amide bonds. The smallest absolute Gasteiger partial charge is 0.187 e. The van der Waals surface area contributed by atoms with E-state index in [0.29, 0.717) is 6.42 Å². The Morgan fingerprint density at radius 1 is 0.804 bits per heavy atom. The summed E-state index contributed by atoms with van der Waals surface area (Å²) < 4.78 is 23.1. The Bertz CT molecular complexity index is 928. The number of hydrogen-bond acceptors (Lipinski definition) is 19. The lowest BCUT2D eigenvalue weighted by atomic mass is 9.76. The van der Waals surface area contributed by atoms with Crippen molar-refractivity contribution in [1.29, 1.82) is 0 Å². The highest BCUT2D eigenvalue weighted by molar-refractivity contribution is 5.83. The monoisotopic (exact) mass is 671 g/mol. The predicted octanol–water partition coefficient (Wildman–Crippen LogP) is -7.99. The van der Waals surface area contributed by atoms with Crippen LogP contribution in [-0.4, -0.2) is 182 Å². The standard InChI is InChI=1S/C27H53N5O14/c28-3-1-11(34)7-32-8-15-19(38)21(40)22(41)27(43-15)46-25-12(30)5-10(6-14(36)13(35)2-4-29)24(23(25)42)45-26-20(39)17(31)18(37)16(9-33)44-26/h10-13,15-27,32-35,37-42H,1-9,28-31H2/t10-,11?,12-,13-,15+,16+,17-,18+,19+,20+,21-,22+,23+,24-,25?,26+,27+/m0/s1. The zero-order chi connectivity index (χ0) is 34.3. The number of nitrogens with two attached hydrogens (primary N) is 4. The molecule has 270 valence electrons. The molecule has 0 spiro atoms. The summed E-state index contributed by atoms with van der Waals surface area (Å²) in [4.78, 5) is 12.8. The van der Waals surface area contributed by atoms with Gasteiger partial charge in [-0.3, -0.25) is 4.79 Å². The zero-order valence-corrected chi connectivity index (χ0v) is 25.6. The van der Waals surface area contributed by atoms with Gasteiger partial charge in [0.1, 0.15) is 61.0 Å². The molecule has 19 nitrogen and oxygen atoms in total. The van der Waals surface area contributed by atoms with Gasteiger partial charge in [0.25, 0.3) is 0 Å². The fourth-order valence-corrected chi connectivity index (χ4v) is 6.04. The molecule has 0 aromatic carbocycles. The van der Waals surface area contributed by atoms with Gasteiger partial charge in [-0.05, 0) is 38.3 Å². The fraction of sp³-hybridized carbons (Fsp3) is 0.963. The average molecular weight is 672 g/mol. The quantitative estimate of drug-likeness (QED) is 0.0724. The molecule has 3 fully saturated rings. The van der Waals surface area contributed by atoms with Gasteiger partial charge in [-0.2, -0.15) is 0 Å². The van der Waals surface area contributed by atoms with Crippen molar-refractivity contribution >= 4 is 5.78 Å². The Kier molecular flexibility index (Phi) is 15.5. The maximum Gasteiger partial charge on any atom is 0.187 e. The van der Waals surface area contributed by atoms with Crippen LogP contribution in [0.5, 0.6) is 0 Å². The van der Waals surface area contributed by atoms with E-state index in [1.807, 2.05) is 0 Å². The lowest BCUT2D eigenvalue weighted by molar-refractivity contribution is -0.335. The van der Waals surface area contributed by atoms with Crippen molar-refractivity contribution < 1.29 is 69.7 Å². The number of ketones is 1. The van der Waals surface area contributed by atoms with Crippen molar-refractivity contribution in [2.24, 2.45) is 28.9 Å². The van der Waals surface area contributed by atoms with Crippen molar-refractivity contribution in [3.63, 3.8) is 0 Å². The van der Waals surface area contributed by atoms with E-state index in [1.54, 1.807) is 0 Å². The number of hydrogen-bond donors (Lipinski definition) is 14. The average Bonchev–Trinajstić information content (AvgIpc) is 3.01. The Labute approximate surface area is 266 Å². The van der Waals surface area contributed by atoms with Crippen LogP contribution in [0.15, 0.2) is 0 Å². The normalized spacial score (nSPS) is 43.3. The first-order chi connectivity index (χ1) is 21.7. The van der Waals surface area contributed by atoms with Gasteiger partial charge in [-0.1, -0.05) is 0 Å². The van der Waals surface area contributed by atoms with Crippen LogP contribution in [0.25, 0.3) is 0 Å². The summed E-state index contributed by atoms with van der Waals surface area (Å²) in [6.07, 6.45) is -20.4. The van der Waals surface area contributed by atoms with Crippen LogP contribution in [0, 0.1) is 5.92 Å². The van der Waals surface area contributed by atoms with E-state index in [4.69, 9.17) is 41.9 Å². The summed E-state index contributed by atoms with van der Waals surface area (Å²) in [5, 5.41) is 96.8. The van der Waals surface area contributed by atoms with Crippen LogP contribution in [0.3, 0.4) is 0 Å². The molecule has 1 aliphatic carbocycles. The molecule has 2 saturated heterocycles. The highest BCUT2D eigenvalue weighted by atomic mass is 16.7. The first-order valence-corrected chi connectivity index (χ1v) is 15.6. The molecule has 0 aromatic rings. The second kappa shape index (κ2) is 18.1. The second-order valence-electron chi connectivity index (χ2n) is 12.3. The zero-order valence-electron chi connectivity index (χ0n) is 25.6. The van der Waals surface area contributed by atoms with Gasteiger partial charge in [-0.15, -0.1) is 0 Å². The second-order valence-corrected chi connectivity index (χ2v) is 12.3. The van der Waals surface area contributed by atoms with Crippen LogP contribution in [0.4, 0.5) is 0 Å². The first kappa shape index (κ1) is 39.4. The number of rotatable bonds is 16. The molecule has 3 rings (SSSR count). The molecule has 0 bridgehead atoms. The van der Waals surface area contributed by atoms with Crippen molar-refractivity contribution in [2.45, 2.75) is 124 Å². The van der Waals surface area contributed by atoms with Crippen molar-refractivity contribution in [2.75, 3.05) is 32.8 Å². The maximum atomic E-state index is 12.8. The number of carbonyl (C=O) groups is 1. The molecule has 19 heteroatoms. The number of Topliss-reactive ketones (excluding diaryl/α,β-unsaturated/α-hetero) is 1. The number of aliphatic hydroxyl groups is 9. The number of aliphatic hydroxyl groups excluding tert-OH is 9. The van der Waals surface area contributed by atoms with Crippen LogP contribution in [-0.2, 0) is 23.7 Å². The summed E-state index contributed by atoms with van der Waals surface area (Å²) in [7, 11) is 0. The van der Waals surface area contributed by atoms with Gasteiger partial charge in [0.15, 0.2) is 18.4 Å². The summed E-state index contributed by atoms with van der Waals surface area (Å²) >= 11 is 0. The minimum absolute atomic E-state index is 0.0140. The largest absolute Gasteiger partial charge is 0.394 e. The number of nitrogens with one attached hydrogen (secondary N) is 1. The lowest BCUT2D eigenvalue weighted by Crippen LogP contribution is -2.67. The molecule has 1 saturated carbocycles. The summed E-state index contributed by atoms with van der Waals surface area (Å²) in [5.74, 6) is -1.49. The maximum absolute atomic E-state index is 12.8. The molecule has 2 heterocycles. The lowest BCUT2D eigenvalue weighted by Gasteiger charge is -2.49. The van der Waals surface area contributed by atoms with Gasteiger partial charge < -0.3 is 93.2 Å². The molecule has 0 radical (unpaired) electrons. The molecule has 0 aromatic heterocycles. The van der Waals surface area contributed by atoms with Crippen LogP contribution in [0.1, 0.15) is 25.7 Å². The van der Waals surface area contributed by atoms with Crippen molar-refractivity contribution in [3.8, 4) is 0 Å². The van der Waals surface area contributed by atoms with Crippen LogP contribution >= 0.6 is 0 Å². The third kappa shape index (κ3) is 9.55. The molecule has 18 N–H and O–H groups in total. The third-order valence-corrected chi connectivity index (χ3v) is 8.82. The SMILES string of the molecule is NCCC(O)CNC[C@H]1O[C@H](OC2[C@@H](N)C[C@@H](CC(=O)[C@@H](O)CCN)[C@H](O[C@H]3O[C@H](CO)[C@@H](O)[C@H](N)[C@H]3O)[C@H]2O)[C@H](O)[C@@H](O)[C@@H]1O. The molecular formula is C27H53N5O14. The van der Waals surface area contributed by atoms with E-state index in [1.165, 1.54) is 0 Å². The Morgan fingerprint density at radius 3 is 2.04 bits per heavy atom. The van der Waals surface area contributed by atoms with E-state index in [2.05, 4.69) is 5.32 Å². The van der Waals surface area contributed by atoms with Gasteiger partial charge >= 0.3 is 0 Å². The van der Waals surface area contributed by atoms with Crippen LogP contribution in [0.2, 0.25) is 0 Å². The minimum Gasteiger partial charge on any atom is -0.394 e. The van der Waals surface area contributed by atoms with E-state index in [0.717, 1.165) is 0 Å². The highest BCUT2D eigenvalue weighted by Gasteiger charge is 2.52. The predicted molar refractivity (Wildman–Crippen MR) is 156 cm³/mol. The van der Waals surface area contributed by atoms with Crippen LogP contribution < -0.4 is 28.3 Å². The van der Waals surface area contributed by atoms with Gasteiger partial charge in [0, 0.05) is 25.6 Å². The number of carbonyl (C=O) groups excluding carboxylic acids is 1. The minimum atomic E-state index is -1.79. The summed E-state index contributed by atoms with van der Waals surface area (Å²) in [5.41, 5.74) is 23.2. The van der Waals surface area contributed by atoms with E-state index in [9.17, 15) is 50.8 Å². The molecule has 3 aliphatic rings. The fourth-order valence-electron chi connectivity index (χ4n) is 6.04. The van der Waals surface area contributed by atoms with Gasteiger partial charge in [0.2, 0.25) is 0 Å². The number of ether oxygens (including phenoxy) is 4. The third-order valence-electron chi connectivity index (χ3n) is 8.82. The van der Waals surface area contributed by atoms with E-state index >= 15 is 0 Å². The Morgan fingerprint density at radius 2 is 1.41 bits per heavy atom. The molecule has 17 atom stereocenters. The van der Waals surface area contributed by atoms with Crippen molar-refractivity contribution in [1.82, 2.24) is 5.32 Å². The van der Waals surface area contributed by atoms with Gasteiger partial charge in [0.05, 0.1) is 24.9 Å². The van der Waals surface area contributed by atoms with E-state index < -0.39 is 116 Å². The topological polar surface area (TPSA) is 352 Å². The van der Waals surface area contributed by atoms with Gasteiger partial charge in [-0.25, -0.2) is 0 Å². The molecule has 46 heavy (non-hydrogen) atoms. The Hall–Kier alpha value is -1.05. The van der Waals surface area contributed by atoms with E-state index in [-0.39, 0.29) is 45.4 Å². The molecule has 2 unspecified atom stereocenters. The summed E-state index contributed by atoms with van der Waals surface area (Å²) in [6, 6.07) is -2.33. The molecular weight excluding hydrogens is 618 g/mol. The van der Waals surface area contributed by atoms with Crippen molar-refractivity contribution in [3.05, 3.63) is 0 Å². The molecule has 2 aliphatic heterocycles. The Balaban J connectivity index is 1.80. The summed E-state index contributed by atoms with van der Waals surface area (Å²) in [6.45, 7) is -0.345.